The second-order valence-corrected chi connectivity index (χ2v) is 5.49. The van der Waals surface area contributed by atoms with Gasteiger partial charge in [0.2, 0.25) is 0 Å². The van der Waals surface area contributed by atoms with Gasteiger partial charge in [-0.15, -0.1) is 0 Å². The van der Waals surface area contributed by atoms with Crippen LogP contribution in [0.2, 0.25) is 0 Å². The highest BCUT2D eigenvalue weighted by Gasteiger charge is 2.08. The summed E-state index contributed by atoms with van der Waals surface area (Å²) in [5, 5.41) is 6.90. The van der Waals surface area contributed by atoms with E-state index in [0.29, 0.717) is 16.7 Å². The van der Waals surface area contributed by atoms with E-state index in [2.05, 4.69) is 46.8 Å². The number of hydrogen-bond acceptors (Lipinski definition) is 3. The first-order chi connectivity index (χ1) is 10.7. The lowest BCUT2D eigenvalue weighted by atomic mass is 10.1. The number of aryl methyl sites for hydroxylation is 1. The molecular formula is C17H21N3OS. The SMILES string of the molecule is COc1cccnc1NC(=S)N[C@@H](C)CCc1ccccc1. The van der Waals surface area contributed by atoms with Crippen molar-refractivity contribution in [2.24, 2.45) is 0 Å². The van der Waals surface area contributed by atoms with E-state index in [0.717, 1.165) is 12.8 Å². The van der Waals surface area contributed by atoms with Crippen LogP contribution in [0.3, 0.4) is 0 Å². The van der Waals surface area contributed by atoms with Crippen LogP contribution in [0.15, 0.2) is 48.7 Å². The van der Waals surface area contributed by atoms with Gasteiger partial charge < -0.3 is 15.4 Å². The number of rotatable bonds is 6. The van der Waals surface area contributed by atoms with Crippen LogP contribution in [-0.2, 0) is 6.42 Å². The lowest BCUT2D eigenvalue weighted by Crippen LogP contribution is -2.36. The summed E-state index contributed by atoms with van der Waals surface area (Å²) in [6, 6.07) is 14.4. The van der Waals surface area contributed by atoms with Crippen LogP contribution in [0.5, 0.6) is 5.75 Å². The van der Waals surface area contributed by atoms with E-state index in [4.69, 9.17) is 17.0 Å². The fourth-order valence-electron chi connectivity index (χ4n) is 2.12. The second-order valence-electron chi connectivity index (χ2n) is 5.08. The number of benzene rings is 1. The van der Waals surface area contributed by atoms with Crippen molar-refractivity contribution >= 4 is 23.1 Å². The molecule has 0 fully saturated rings. The molecule has 4 nitrogen and oxygen atoms in total. The summed E-state index contributed by atoms with van der Waals surface area (Å²) >= 11 is 5.33. The fourth-order valence-corrected chi connectivity index (χ4v) is 2.41. The zero-order chi connectivity index (χ0) is 15.8. The van der Waals surface area contributed by atoms with Gasteiger partial charge in [0, 0.05) is 12.2 Å². The van der Waals surface area contributed by atoms with Crippen LogP contribution in [0.25, 0.3) is 0 Å². The van der Waals surface area contributed by atoms with Crippen molar-refractivity contribution in [3.8, 4) is 5.75 Å². The average Bonchev–Trinajstić information content (AvgIpc) is 2.54. The Labute approximate surface area is 136 Å². The Bertz CT molecular complexity index is 604. The lowest BCUT2D eigenvalue weighted by molar-refractivity contribution is 0.415. The van der Waals surface area contributed by atoms with E-state index in [1.165, 1.54) is 5.56 Å². The smallest absolute Gasteiger partial charge is 0.174 e. The van der Waals surface area contributed by atoms with E-state index < -0.39 is 0 Å². The van der Waals surface area contributed by atoms with Crippen LogP contribution in [0.4, 0.5) is 5.82 Å². The predicted molar refractivity (Wildman–Crippen MR) is 94.4 cm³/mol. The molecule has 1 atom stereocenters. The molecule has 1 aromatic heterocycles. The number of aromatic nitrogens is 1. The second kappa shape index (κ2) is 8.34. The Morgan fingerprint density at radius 2 is 2.00 bits per heavy atom. The van der Waals surface area contributed by atoms with Crippen LogP contribution in [0, 0.1) is 0 Å². The van der Waals surface area contributed by atoms with E-state index in [-0.39, 0.29) is 6.04 Å². The maximum atomic E-state index is 5.33. The summed E-state index contributed by atoms with van der Waals surface area (Å²) in [6.45, 7) is 2.12. The normalized spacial score (nSPS) is 11.5. The fraction of sp³-hybridized carbons (Fsp3) is 0.294. The molecule has 2 rings (SSSR count). The minimum absolute atomic E-state index is 0.273. The van der Waals surface area contributed by atoms with Crippen LogP contribution < -0.4 is 15.4 Å². The average molecular weight is 315 g/mol. The molecule has 116 valence electrons. The van der Waals surface area contributed by atoms with Gasteiger partial charge in [-0.25, -0.2) is 4.98 Å². The van der Waals surface area contributed by atoms with Crippen molar-refractivity contribution in [2.45, 2.75) is 25.8 Å². The van der Waals surface area contributed by atoms with Crippen LogP contribution in [-0.4, -0.2) is 23.2 Å². The first-order valence-electron chi connectivity index (χ1n) is 7.29. The molecule has 0 aliphatic carbocycles. The Morgan fingerprint density at radius 3 is 2.73 bits per heavy atom. The van der Waals surface area contributed by atoms with Crippen molar-refractivity contribution in [1.29, 1.82) is 0 Å². The molecule has 0 radical (unpaired) electrons. The summed E-state index contributed by atoms with van der Waals surface area (Å²) in [4.78, 5) is 4.23. The van der Waals surface area contributed by atoms with Crippen molar-refractivity contribution in [2.75, 3.05) is 12.4 Å². The van der Waals surface area contributed by atoms with Crippen molar-refractivity contribution in [1.82, 2.24) is 10.3 Å². The van der Waals surface area contributed by atoms with Crippen molar-refractivity contribution < 1.29 is 4.74 Å². The molecule has 0 spiro atoms. The van der Waals surface area contributed by atoms with Gasteiger partial charge in [-0.05, 0) is 49.7 Å². The molecule has 0 saturated heterocycles. The van der Waals surface area contributed by atoms with Gasteiger partial charge in [-0.1, -0.05) is 30.3 Å². The summed E-state index contributed by atoms with van der Waals surface area (Å²) in [5.41, 5.74) is 1.33. The topological polar surface area (TPSA) is 46.2 Å². The Kier molecular flexibility index (Phi) is 6.15. The minimum Gasteiger partial charge on any atom is -0.493 e. The molecule has 1 heterocycles. The molecule has 0 amide bonds. The van der Waals surface area contributed by atoms with E-state index in [1.54, 1.807) is 13.3 Å². The number of ether oxygens (including phenoxy) is 1. The largest absolute Gasteiger partial charge is 0.493 e. The molecule has 0 saturated carbocycles. The maximum absolute atomic E-state index is 5.33. The molecule has 2 N–H and O–H groups in total. The lowest BCUT2D eigenvalue weighted by Gasteiger charge is -2.17. The third-order valence-electron chi connectivity index (χ3n) is 3.31. The van der Waals surface area contributed by atoms with Gasteiger partial charge in [0.05, 0.1) is 7.11 Å². The van der Waals surface area contributed by atoms with E-state index in [9.17, 15) is 0 Å². The molecule has 0 unspecified atom stereocenters. The number of hydrogen-bond donors (Lipinski definition) is 2. The van der Waals surface area contributed by atoms with Gasteiger partial charge in [0.1, 0.15) is 0 Å². The van der Waals surface area contributed by atoms with Gasteiger partial charge in [-0.2, -0.15) is 0 Å². The quantitative estimate of drug-likeness (QED) is 0.800. The molecule has 0 bridgehead atoms. The van der Waals surface area contributed by atoms with Gasteiger partial charge in [0.15, 0.2) is 16.7 Å². The summed E-state index contributed by atoms with van der Waals surface area (Å²) in [6.07, 6.45) is 3.72. The molecule has 2 aromatic rings. The highest BCUT2D eigenvalue weighted by molar-refractivity contribution is 7.80. The third kappa shape index (κ3) is 5.00. The number of anilines is 1. The molecule has 0 aliphatic rings. The summed E-state index contributed by atoms with van der Waals surface area (Å²) < 4.78 is 5.24. The molecule has 22 heavy (non-hydrogen) atoms. The monoisotopic (exact) mass is 315 g/mol. The number of pyridine rings is 1. The van der Waals surface area contributed by atoms with Crippen LogP contribution in [0.1, 0.15) is 18.9 Å². The van der Waals surface area contributed by atoms with Crippen molar-refractivity contribution in [3.05, 3.63) is 54.2 Å². The third-order valence-corrected chi connectivity index (χ3v) is 3.53. The van der Waals surface area contributed by atoms with E-state index in [1.807, 2.05) is 18.2 Å². The Balaban J connectivity index is 1.81. The van der Waals surface area contributed by atoms with Crippen molar-refractivity contribution in [3.63, 3.8) is 0 Å². The van der Waals surface area contributed by atoms with Gasteiger partial charge in [0.25, 0.3) is 0 Å². The maximum Gasteiger partial charge on any atom is 0.174 e. The molecule has 1 aromatic carbocycles. The standard InChI is InChI=1S/C17H21N3OS/c1-13(10-11-14-7-4-3-5-8-14)19-17(22)20-16-15(21-2)9-6-12-18-16/h3-9,12-13H,10-11H2,1-2H3,(H2,18,19,20,22)/t13-/m0/s1. The Morgan fingerprint density at radius 1 is 1.23 bits per heavy atom. The van der Waals surface area contributed by atoms with Gasteiger partial charge in [-0.3, -0.25) is 0 Å². The first-order valence-corrected chi connectivity index (χ1v) is 7.70. The zero-order valence-corrected chi connectivity index (χ0v) is 13.7. The number of nitrogens with one attached hydrogen (secondary N) is 2. The summed E-state index contributed by atoms with van der Waals surface area (Å²) in [7, 11) is 1.61. The van der Waals surface area contributed by atoms with E-state index >= 15 is 0 Å². The highest BCUT2D eigenvalue weighted by Crippen LogP contribution is 2.19. The Hall–Kier alpha value is -2.14. The minimum atomic E-state index is 0.273. The molecular weight excluding hydrogens is 294 g/mol. The highest BCUT2D eigenvalue weighted by atomic mass is 32.1. The number of thiocarbonyl (C=S) groups is 1. The first kappa shape index (κ1) is 16.2. The number of nitrogens with zero attached hydrogens (tertiary/aromatic N) is 1. The van der Waals surface area contributed by atoms with Crippen LogP contribution >= 0.6 is 12.2 Å². The number of methoxy groups -OCH3 is 1. The molecule has 0 aliphatic heterocycles. The molecule has 5 heteroatoms. The van der Waals surface area contributed by atoms with Gasteiger partial charge >= 0.3 is 0 Å². The zero-order valence-electron chi connectivity index (χ0n) is 12.9. The summed E-state index contributed by atoms with van der Waals surface area (Å²) in [5.74, 6) is 1.29. The predicted octanol–water partition coefficient (Wildman–Crippen LogP) is 3.40.